The molecule has 1 saturated carbocycles. The second kappa shape index (κ2) is 4.12. The maximum Gasteiger partial charge on any atom is 0.135 e. The average molecular weight is 242 g/mol. The predicted molar refractivity (Wildman–Crippen MR) is 74.9 cm³/mol. The minimum absolute atomic E-state index is 0.537. The average Bonchev–Trinajstić information content (AvgIpc) is 3.21. The number of hydrogen-bond donors (Lipinski definition) is 1. The molecule has 3 rings (SSSR count). The second-order valence-electron chi connectivity index (χ2n) is 4.96. The molecular weight excluding hydrogens is 224 g/mol. The summed E-state index contributed by atoms with van der Waals surface area (Å²) in [5.74, 6) is 2.06. The number of nitrogens with zero attached hydrogens (tertiary/aromatic N) is 3. The molecule has 18 heavy (non-hydrogen) atoms. The Balaban J connectivity index is 2.11. The number of anilines is 2. The summed E-state index contributed by atoms with van der Waals surface area (Å²) in [4.78, 5) is 11.2. The highest BCUT2D eigenvalue weighted by Crippen LogP contribution is 2.39. The van der Waals surface area contributed by atoms with Crippen LogP contribution in [0.5, 0.6) is 0 Å². The van der Waals surface area contributed by atoms with Crippen molar-refractivity contribution in [2.24, 2.45) is 0 Å². The van der Waals surface area contributed by atoms with E-state index in [4.69, 9.17) is 5.73 Å². The summed E-state index contributed by atoms with van der Waals surface area (Å²) >= 11 is 0. The summed E-state index contributed by atoms with van der Waals surface area (Å²) in [6.45, 7) is 3.09. The molecule has 1 fully saturated rings. The lowest BCUT2D eigenvalue weighted by Crippen LogP contribution is -2.15. The van der Waals surface area contributed by atoms with Gasteiger partial charge in [0.2, 0.25) is 0 Å². The van der Waals surface area contributed by atoms with Gasteiger partial charge in [0.05, 0.1) is 5.52 Å². The normalized spacial score (nSPS) is 15.0. The van der Waals surface area contributed by atoms with Crippen molar-refractivity contribution in [3.8, 4) is 0 Å². The Bertz CT molecular complexity index is 590. The van der Waals surface area contributed by atoms with Crippen molar-refractivity contribution in [2.75, 3.05) is 24.2 Å². The minimum atomic E-state index is 0.537. The Labute approximate surface area is 107 Å². The molecule has 2 N–H and O–H groups in total. The van der Waals surface area contributed by atoms with Gasteiger partial charge in [-0.15, -0.1) is 0 Å². The predicted octanol–water partition coefficient (Wildman–Crippen LogP) is 2.55. The molecule has 0 spiro atoms. The van der Waals surface area contributed by atoms with E-state index in [0.717, 1.165) is 29.0 Å². The zero-order chi connectivity index (χ0) is 12.7. The van der Waals surface area contributed by atoms with E-state index in [0.29, 0.717) is 11.7 Å². The van der Waals surface area contributed by atoms with Gasteiger partial charge in [-0.05, 0) is 38.0 Å². The van der Waals surface area contributed by atoms with Crippen LogP contribution in [0.15, 0.2) is 18.2 Å². The fourth-order valence-electron chi connectivity index (χ4n) is 2.10. The molecule has 1 heterocycles. The molecule has 94 valence electrons. The monoisotopic (exact) mass is 242 g/mol. The molecule has 0 amide bonds. The molecule has 0 bridgehead atoms. The number of nitrogens with two attached hydrogens (primary N) is 1. The van der Waals surface area contributed by atoms with Gasteiger partial charge in [-0.1, -0.05) is 0 Å². The molecule has 0 aliphatic heterocycles. The summed E-state index contributed by atoms with van der Waals surface area (Å²) < 4.78 is 0. The van der Waals surface area contributed by atoms with Crippen molar-refractivity contribution in [1.82, 2.24) is 9.97 Å². The SMILES string of the molecule is CCN(C)c1ccc2nc(C3CC3)nc(N)c2c1. The summed E-state index contributed by atoms with van der Waals surface area (Å²) in [5.41, 5.74) is 8.17. The number of nitrogen functional groups attached to an aromatic ring is 1. The minimum Gasteiger partial charge on any atom is -0.383 e. The lowest BCUT2D eigenvalue weighted by atomic mass is 10.2. The molecular formula is C14H18N4. The van der Waals surface area contributed by atoms with E-state index < -0.39 is 0 Å². The number of aromatic nitrogens is 2. The van der Waals surface area contributed by atoms with Gasteiger partial charge in [0, 0.05) is 30.6 Å². The van der Waals surface area contributed by atoms with E-state index in [-0.39, 0.29) is 0 Å². The summed E-state index contributed by atoms with van der Waals surface area (Å²) in [6.07, 6.45) is 2.39. The number of fused-ring (bicyclic) bond motifs is 1. The van der Waals surface area contributed by atoms with E-state index in [2.05, 4.69) is 41.0 Å². The third-order valence-electron chi connectivity index (χ3n) is 3.58. The third-order valence-corrected chi connectivity index (χ3v) is 3.58. The van der Waals surface area contributed by atoms with Crippen LogP contribution in [0.2, 0.25) is 0 Å². The number of benzene rings is 1. The van der Waals surface area contributed by atoms with Crippen LogP contribution < -0.4 is 10.6 Å². The first-order chi connectivity index (χ1) is 8.69. The molecule has 0 unspecified atom stereocenters. The quantitative estimate of drug-likeness (QED) is 0.898. The first-order valence-electron chi connectivity index (χ1n) is 6.47. The fourth-order valence-corrected chi connectivity index (χ4v) is 2.10. The van der Waals surface area contributed by atoms with E-state index >= 15 is 0 Å². The van der Waals surface area contributed by atoms with Crippen molar-refractivity contribution in [1.29, 1.82) is 0 Å². The molecule has 1 aliphatic carbocycles. The van der Waals surface area contributed by atoms with E-state index in [1.54, 1.807) is 0 Å². The topological polar surface area (TPSA) is 55.0 Å². The molecule has 1 aromatic heterocycles. The van der Waals surface area contributed by atoms with Gasteiger partial charge in [-0.2, -0.15) is 0 Å². The van der Waals surface area contributed by atoms with Crippen LogP contribution in [0.4, 0.5) is 11.5 Å². The summed E-state index contributed by atoms with van der Waals surface area (Å²) in [6, 6.07) is 6.21. The third kappa shape index (κ3) is 1.88. The van der Waals surface area contributed by atoms with Crippen molar-refractivity contribution in [3.05, 3.63) is 24.0 Å². The van der Waals surface area contributed by atoms with Crippen LogP contribution >= 0.6 is 0 Å². The lowest BCUT2D eigenvalue weighted by molar-refractivity contribution is 0.949. The van der Waals surface area contributed by atoms with Crippen LogP contribution in [0.1, 0.15) is 31.5 Å². The van der Waals surface area contributed by atoms with Gasteiger partial charge in [-0.3, -0.25) is 0 Å². The van der Waals surface area contributed by atoms with Crippen LogP contribution in [-0.2, 0) is 0 Å². The maximum absolute atomic E-state index is 6.06. The zero-order valence-electron chi connectivity index (χ0n) is 10.8. The van der Waals surface area contributed by atoms with Gasteiger partial charge in [-0.25, -0.2) is 9.97 Å². The smallest absolute Gasteiger partial charge is 0.135 e. The zero-order valence-corrected chi connectivity index (χ0v) is 10.8. The summed E-state index contributed by atoms with van der Waals surface area (Å²) in [5, 5.41) is 0.956. The van der Waals surface area contributed by atoms with Crippen molar-refractivity contribution in [2.45, 2.75) is 25.7 Å². The molecule has 0 radical (unpaired) electrons. The molecule has 4 heteroatoms. The number of rotatable bonds is 3. The van der Waals surface area contributed by atoms with Crippen molar-refractivity contribution < 1.29 is 0 Å². The van der Waals surface area contributed by atoms with Gasteiger partial charge in [0.25, 0.3) is 0 Å². The van der Waals surface area contributed by atoms with E-state index in [1.165, 1.54) is 12.8 Å². The van der Waals surface area contributed by atoms with E-state index in [1.807, 2.05) is 6.07 Å². The highest BCUT2D eigenvalue weighted by Gasteiger charge is 2.27. The van der Waals surface area contributed by atoms with Crippen LogP contribution in [0.25, 0.3) is 10.9 Å². The van der Waals surface area contributed by atoms with Crippen LogP contribution in [0, 0.1) is 0 Å². The van der Waals surface area contributed by atoms with Gasteiger partial charge < -0.3 is 10.6 Å². The molecule has 0 atom stereocenters. The molecule has 1 aromatic carbocycles. The largest absolute Gasteiger partial charge is 0.383 e. The van der Waals surface area contributed by atoms with Gasteiger partial charge >= 0.3 is 0 Å². The maximum atomic E-state index is 6.06. The van der Waals surface area contributed by atoms with Gasteiger partial charge in [0.1, 0.15) is 11.6 Å². The highest BCUT2D eigenvalue weighted by molar-refractivity contribution is 5.90. The number of hydrogen-bond acceptors (Lipinski definition) is 4. The Morgan fingerprint density at radius 1 is 1.33 bits per heavy atom. The molecule has 4 nitrogen and oxygen atoms in total. The highest BCUT2D eigenvalue weighted by atomic mass is 15.1. The second-order valence-corrected chi connectivity index (χ2v) is 4.96. The Hall–Kier alpha value is -1.84. The van der Waals surface area contributed by atoms with Gasteiger partial charge in [0.15, 0.2) is 0 Å². The first kappa shape index (κ1) is 11.3. The Morgan fingerprint density at radius 2 is 2.11 bits per heavy atom. The van der Waals surface area contributed by atoms with Crippen LogP contribution in [-0.4, -0.2) is 23.6 Å². The first-order valence-corrected chi connectivity index (χ1v) is 6.47. The van der Waals surface area contributed by atoms with Crippen LogP contribution in [0.3, 0.4) is 0 Å². The summed E-state index contributed by atoms with van der Waals surface area (Å²) in [7, 11) is 2.07. The lowest BCUT2D eigenvalue weighted by Gasteiger charge is -2.17. The van der Waals surface area contributed by atoms with Crippen molar-refractivity contribution in [3.63, 3.8) is 0 Å². The molecule has 2 aromatic rings. The molecule has 1 aliphatic rings. The molecule has 0 saturated heterocycles. The van der Waals surface area contributed by atoms with E-state index in [9.17, 15) is 0 Å². The Morgan fingerprint density at radius 3 is 2.78 bits per heavy atom. The standard InChI is InChI=1S/C14H18N4/c1-3-18(2)10-6-7-12-11(8-10)13(15)17-14(16-12)9-4-5-9/h6-9H,3-5H2,1-2H3,(H2,15,16,17). The Kier molecular flexibility index (Phi) is 2.58. The van der Waals surface area contributed by atoms with Crippen molar-refractivity contribution >= 4 is 22.4 Å². The fraction of sp³-hybridized carbons (Fsp3) is 0.429.